The van der Waals surface area contributed by atoms with Crippen LogP contribution in [-0.4, -0.2) is 41.6 Å². The van der Waals surface area contributed by atoms with Gasteiger partial charge in [-0.3, -0.25) is 9.59 Å². The number of anilines is 1. The van der Waals surface area contributed by atoms with E-state index in [9.17, 15) is 9.59 Å². The van der Waals surface area contributed by atoms with Crippen molar-refractivity contribution in [2.45, 2.75) is 26.2 Å². The first-order valence-corrected chi connectivity index (χ1v) is 12.4. The van der Waals surface area contributed by atoms with Crippen LogP contribution < -0.4 is 14.8 Å². The molecule has 1 aromatic heterocycles. The largest absolute Gasteiger partial charge is 0.454 e. The number of hydrogen-bond acceptors (Lipinski definition) is 6. The van der Waals surface area contributed by atoms with Crippen molar-refractivity contribution >= 4 is 39.9 Å². The van der Waals surface area contributed by atoms with Crippen LogP contribution in [0.1, 0.15) is 39.3 Å². The molecule has 9 heteroatoms. The molecule has 176 valence electrons. The minimum atomic E-state index is -0.272. The summed E-state index contributed by atoms with van der Waals surface area (Å²) in [4.78, 5) is 33.2. The Hall–Kier alpha value is -3.10. The number of halogens is 1. The summed E-state index contributed by atoms with van der Waals surface area (Å²) in [6.07, 6.45) is 2.22. The first-order valence-electron chi connectivity index (χ1n) is 11.2. The van der Waals surface area contributed by atoms with Crippen molar-refractivity contribution in [2.24, 2.45) is 5.92 Å². The van der Waals surface area contributed by atoms with E-state index < -0.39 is 0 Å². The number of carbonyl (C=O) groups is 2. The first-order chi connectivity index (χ1) is 16.5. The minimum absolute atomic E-state index is 0.0785. The molecule has 5 rings (SSSR count). The molecule has 3 heterocycles. The van der Waals surface area contributed by atoms with Crippen LogP contribution in [0.3, 0.4) is 0 Å². The molecule has 7 nitrogen and oxygen atoms in total. The number of ether oxygens (including phenoxy) is 2. The number of thiazole rings is 1. The molecule has 0 radical (unpaired) electrons. The summed E-state index contributed by atoms with van der Waals surface area (Å²) in [5.41, 5.74) is 2.56. The molecule has 3 aromatic rings. The van der Waals surface area contributed by atoms with Crippen molar-refractivity contribution < 1.29 is 19.1 Å². The molecular formula is C25H24ClN3O4S. The van der Waals surface area contributed by atoms with Crippen LogP contribution >= 0.6 is 22.9 Å². The van der Waals surface area contributed by atoms with E-state index in [0.717, 1.165) is 40.5 Å². The van der Waals surface area contributed by atoms with E-state index in [1.165, 1.54) is 11.3 Å². The Kier molecular flexibility index (Phi) is 6.43. The van der Waals surface area contributed by atoms with E-state index in [0.29, 0.717) is 35.2 Å². The normalized spacial score (nSPS) is 17.0. The van der Waals surface area contributed by atoms with Gasteiger partial charge in [0.05, 0.1) is 11.6 Å². The standard InChI is InChI=1S/C25H24ClN3O4S/c1-15-22(12-16-4-9-20-21(11-16)33-14-32-20)34-25(27-15)28-23(30)18-3-2-10-29(13-18)24(31)17-5-7-19(26)8-6-17/h4-9,11,18H,2-3,10,12-14H2,1H3,(H,27,28,30). The van der Waals surface area contributed by atoms with Crippen LogP contribution in [0.4, 0.5) is 5.13 Å². The molecule has 2 amide bonds. The zero-order chi connectivity index (χ0) is 23.7. The first kappa shape index (κ1) is 22.7. The maximum absolute atomic E-state index is 13.0. The number of piperidine rings is 1. The Balaban J connectivity index is 1.22. The zero-order valence-electron chi connectivity index (χ0n) is 18.7. The predicted molar refractivity (Wildman–Crippen MR) is 131 cm³/mol. The maximum atomic E-state index is 13.0. The van der Waals surface area contributed by atoms with Gasteiger partial charge < -0.3 is 19.7 Å². The highest BCUT2D eigenvalue weighted by Crippen LogP contribution is 2.34. The second kappa shape index (κ2) is 9.64. The summed E-state index contributed by atoms with van der Waals surface area (Å²) < 4.78 is 10.8. The van der Waals surface area contributed by atoms with E-state index in [1.54, 1.807) is 29.2 Å². The average molecular weight is 498 g/mol. The lowest BCUT2D eigenvalue weighted by atomic mass is 9.96. The van der Waals surface area contributed by atoms with Gasteiger partial charge in [0.1, 0.15) is 0 Å². The fourth-order valence-corrected chi connectivity index (χ4v) is 5.37. The van der Waals surface area contributed by atoms with Gasteiger partial charge >= 0.3 is 0 Å². The number of aromatic nitrogens is 1. The third kappa shape index (κ3) is 4.88. The minimum Gasteiger partial charge on any atom is -0.454 e. The molecule has 2 aromatic carbocycles. The second-order valence-corrected chi connectivity index (χ2v) is 10.00. The number of carbonyl (C=O) groups excluding carboxylic acids is 2. The van der Waals surface area contributed by atoms with Crippen molar-refractivity contribution in [3.05, 3.63) is 69.2 Å². The van der Waals surface area contributed by atoms with Crippen LogP contribution in [0.5, 0.6) is 11.5 Å². The van der Waals surface area contributed by atoms with Crippen molar-refractivity contribution in [1.82, 2.24) is 9.88 Å². The van der Waals surface area contributed by atoms with Crippen LogP contribution in [-0.2, 0) is 11.2 Å². The number of hydrogen-bond donors (Lipinski definition) is 1. The van der Waals surface area contributed by atoms with Gasteiger partial charge in [0.15, 0.2) is 16.6 Å². The number of amides is 2. The van der Waals surface area contributed by atoms with Gasteiger partial charge in [-0.15, -0.1) is 11.3 Å². The monoisotopic (exact) mass is 497 g/mol. The zero-order valence-corrected chi connectivity index (χ0v) is 20.2. The van der Waals surface area contributed by atoms with Gasteiger partial charge in [-0.05, 0) is 61.7 Å². The van der Waals surface area contributed by atoms with Gasteiger partial charge in [-0.25, -0.2) is 4.98 Å². The number of nitrogens with zero attached hydrogens (tertiary/aromatic N) is 2. The third-order valence-electron chi connectivity index (χ3n) is 6.10. The van der Waals surface area contributed by atoms with Crippen molar-refractivity contribution in [1.29, 1.82) is 0 Å². The summed E-state index contributed by atoms with van der Waals surface area (Å²) in [6.45, 7) is 3.23. The van der Waals surface area contributed by atoms with E-state index >= 15 is 0 Å². The summed E-state index contributed by atoms with van der Waals surface area (Å²) >= 11 is 7.41. The Morgan fingerprint density at radius 2 is 1.97 bits per heavy atom. The van der Waals surface area contributed by atoms with Crippen molar-refractivity contribution in [2.75, 3.05) is 25.2 Å². The predicted octanol–water partition coefficient (Wildman–Crippen LogP) is 4.92. The Bertz CT molecular complexity index is 1230. The lowest BCUT2D eigenvalue weighted by molar-refractivity contribution is -0.121. The van der Waals surface area contributed by atoms with Gasteiger partial charge in [-0.2, -0.15) is 0 Å². The molecule has 1 atom stereocenters. The van der Waals surface area contributed by atoms with E-state index in [4.69, 9.17) is 21.1 Å². The van der Waals surface area contributed by atoms with E-state index in [2.05, 4.69) is 10.3 Å². The average Bonchev–Trinajstić information content (AvgIpc) is 3.45. The number of nitrogens with one attached hydrogen (secondary N) is 1. The Labute approximate surface area is 206 Å². The molecule has 1 unspecified atom stereocenters. The van der Waals surface area contributed by atoms with Crippen LogP contribution in [0.25, 0.3) is 0 Å². The SMILES string of the molecule is Cc1nc(NC(=O)C2CCCN(C(=O)c3ccc(Cl)cc3)C2)sc1Cc1ccc2c(c1)OCO2. The van der Waals surface area contributed by atoms with E-state index in [-0.39, 0.29) is 24.5 Å². The fraction of sp³-hybridized carbons (Fsp3) is 0.320. The number of benzene rings is 2. The smallest absolute Gasteiger partial charge is 0.253 e. The van der Waals surface area contributed by atoms with Gasteiger partial charge in [0.25, 0.3) is 5.91 Å². The summed E-state index contributed by atoms with van der Waals surface area (Å²) in [7, 11) is 0. The third-order valence-corrected chi connectivity index (χ3v) is 7.42. The highest BCUT2D eigenvalue weighted by atomic mass is 35.5. The molecule has 1 N–H and O–H groups in total. The number of likely N-dealkylation sites (tertiary alicyclic amines) is 1. The summed E-state index contributed by atoms with van der Waals surface area (Å²) in [5, 5.41) is 4.15. The van der Waals surface area contributed by atoms with Gasteiger partial charge in [-0.1, -0.05) is 17.7 Å². The van der Waals surface area contributed by atoms with Crippen LogP contribution in [0.2, 0.25) is 5.02 Å². The van der Waals surface area contributed by atoms with Crippen LogP contribution in [0.15, 0.2) is 42.5 Å². The molecule has 1 fully saturated rings. The van der Waals surface area contributed by atoms with Crippen molar-refractivity contribution in [3.8, 4) is 11.5 Å². The van der Waals surface area contributed by atoms with Gasteiger partial charge in [0, 0.05) is 35.0 Å². The second-order valence-electron chi connectivity index (χ2n) is 8.48. The molecule has 34 heavy (non-hydrogen) atoms. The molecule has 1 saturated heterocycles. The van der Waals surface area contributed by atoms with E-state index in [1.807, 2.05) is 25.1 Å². The highest BCUT2D eigenvalue weighted by Gasteiger charge is 2.29. The molecule has 2 aliphatic rings. The van der Waals surface area contributed by atoms with Gasteiger partial charge in [0.2, 0.25) is 12.7 Å². The number of aryl methyl sites for hydroxylation is 1. The molecule has 0 spiro atoms. The fourth-order valence-electron chi connectivity index (χ4n) is 4.24. The molecule has 0 saturated carbocycles. The summed E-state index contributed by atoms with van der Waals surface area (Å²) in [6, 6.07) is 12.7. The number of rotatable bonds is 5. The molecular weight excluding hydrogens is 474 g/mol. The van der Waals surface area contributed by atoms with Crippen LogP contribution in [0, 0.1) is 12.8 Å². The lowest BCUT2D eigenvalue weighted by Crippen LogP contribution is -2.43. The topological polar surface area (TPSA) is 80.8 Å². The molecule has 0 aliphatic carbocycles. The van der Waals surface area contributed by atoms with Crippen molar-refractivity contribution in [3.63, 3.8) is 0 Å². The summed E-state index contributed by atoms with van der Waals surface area (Å²) in [5.74, 6) is 1.06. The number of fused-ring (bicyclic) bond motifs is 1. The Morgan fingerprint density at radius 3 is 2.79 bits per heavy atom. The lowest BCUT2D eigenvalue weighted by Gasteiger charge is -2.32. The quantitative estimate of drug-likeness (QED) is 0.541. The molecule has 0 bridgehead atoms. The highest BCUT2D eigenvalue weighted by molar-refractivity contribution is 7.15. The maximum Gasteiger partial charge on any atom is 0.253 e. The Morgan fingerprint density at radius 1 is 1.18 bits per heavy atom. The molecule has 2 aliphatic heterocycles.